The molecule has 0 amide bonds. The van der Waals surface area contributed by atoms with Crippen molar-refractivity contribution in [3.05, 3.63) is 28.4 Å². The van der Waals surface area contributed by atoms with Crippen LogP contribution >= 0.6 is 0 Å². The molecule has 0 spiro atoms. The number of aromatic nitrogens is 2. The van der Waals surface area contributed by atoms with Gasteiger partial charge in [-0.2, -0.15) is 0 Å². The fraction of sp³-hybridized carbons (Fsp3) is 0.600. The first-order valence-corrected chi connectivity index (χ1v) is 4.53. The quantitative estimate of drug-likeness (QED) is 0.780. The fourth-order valence-electron chi connectivity index (χ4n) is 1.39. The molecule has 1 rings (SSSR count). The first-order valence-electron chi connectivity index (χ1n) is 4.53. The molecule has 1 N–H and O–H groups in total. The predicted molar refractivity (Wildman–Crippen MR) is 54.1 cm³/mol. The predicted octanol–water partition coefficient (Wildman–Crippen LogP) is 1.50. The second-order valence-corrected chi connectivity index (χ2v) is 4.30. The summed E-state index contributed by atoms with van der Waals surface area (Å²) in [6.07, 6.45) is 1.29. The summed E-state index contributed by atoms with van der Waals surface area (Å²) < 4.78 is 5.32. The average Bonchev–Trinajstić information content (AvgIpc) is 2.02. The fourth-order valence-corrected chi connectivity index (χ4v) is 1.39. The Kier molecular flexibility index (Phi) is 3.06. The van der Waals surface area contributed by atoms with Gasteiger partial charge in [0.2, 0.25) is 0 Å². The van der Waals surface area contributed by atoms with Crippen LogP contribution in [-0.2, 0) is 4.74 Å². The van der Waals surface area contributed by atoms with Gasteiger partial charge in [0, 0.05) is 19.4 Å². The van der Waals surface area contributed by atoms with Crippen molar-refractivity contribution in [1.29, 1.82) is 0 Å². The van der Waals surface area contributed by atoms with E-state index in [-0.39, 0.29) is 17.1 Å². The summed E-state index contributed by atoms with van der Waals surface area (Å²) in [6.45, 7) is 6.11. The lowest BCUT2D eigenvalue weighted by atomic mass is 9.88. The molecule has 14 heavy (non-hydrogen) atoms. The molecular formula is C10H16N2O2. The average molecular weight is 196 g/mol. The molecule has 1 atom stereocenters. The Morgan fingerprint density at radius 1 is 1.50 bits per heavy atom. The number of methoxy groups -OCH3 is 1. The highest BCUT2D eigenvalue weighted by Gasteiger charge is 2.27. The highest BCUT2D eigenvalue weighted by molar-refractivity contribution is 4.97. The Bertz CT molecular complexity index is 352. The maximum absolute atomic E-state index is 11.1. The summed E-state index contributed by atoms with van der Waals surface area (Å²) in [5.41, 5.74) is -0.243. The third-order valence-corrected chi connectivity index (χ3v) is 1.96. The molecular weight excluding hydrogens is 180 g/mol. The van der Waals surface area contributed by atoms with E-state index in [1.807, 2.05) is 20.8 Å². The van der Waals surface area contributed by atoms with Crippen LogP contribution in [0, 0.1) is 5.41 Å². The third kappa shape index (κ3) is 2.42. The number of aromatic amines is 1. The van der Waals surface area contributed by atoms with Gasteiger partial charge in [0.1, 0.15) is 11.9 Å². The van der Waals surface area contributed by atoms with Crippen molar-refractivity contribution in [2.45, 2.75) is 26.9 Å². The van der Waals surface area contributed by atoms with Crippen molar-refractivity contribution >= 4 is 0 Å². The van der Waals surface area contributed by atoms with Gasteiger partial charge in [-0.3, -0.25) is 4.79 Å². The minimum Gasteiger partial charge on any atom is -0.373 e. The van der Waals surface area contributed by atoms with Crippen LogP contribution in [0.5, 0.6) is 0 Å². The molecule has 0 aliphatic heterocycles. The van der Waals surface area contributed by atoms with E-state index in [1.165, 1.54) is 12.3 Å². The highest BCUT2D eigenvalue weighted by Crippen LogP contribution is 2.32. The molecule has 0 fully saturated rings. The molecule has 0 saturated carbocycles. The zero-order chi connectivity index (χ0) is 10.8. The summed E-state index contributed by atoms with van der Waals surface area (Å²) in [4.78, 5) is 17.9. The van der Waals surface area contributed by atoms with Crippen molar-refractivity contribution in [2.24, 2.45) is 5.41 Å². The molecule has 0 saturated heterocycles. The van der Waals surface area contributed by atoms with Crippen LogP contribution in [0.3, 0.4) is 0 Å². The van der Waals surface area contributed by atoms with Gasteiger partial charge in [-0.25, -0.2) is 4.98 Å². The van der Waals surface area contributed by atoms with Crippen LogP contribution in [0.1, 0.15) is 32.7 Å². The van der Waals surface area contributed by atoms with Crippen molar-refractivity contribution < 1.29 is 4.74 Å². The SMILES string of the molecule is COC(c1nccc(=O)[nH]1)C(C)(C)C. The number of hydrogen-bond donors (Lipinski definition) is 1. The minimum atomic E-state index is -0.198. The molecule has 0 bridgehead atoms. The molecule has 0 radical (unpaired) electrons. The van der Waals surface area contributed by atoms with Crippen molar-refractivity contribution in [1.82, 2.24) is 9.97 Å². The lowest BCUT2D eigenvalue weighted by Crippen LogP contribution is -2.24. The monoisotopic (exact) mass is 196 g/mol. The summed E-state index contributed by atoms with van der Waals surface area (Å²) in [7, 11) is 1.61. The zero-order valence-corrected chi connectivity index (χ0v) is 9.00. The number of rotatable bonds is 2. The summed E-state index contributed by atoms with van der Waals surface area (Å²) in [6, 6.07) is 1.39. The zero-order valence-electron chi connectivity index (χ0n) is 9.00. The van der Waals surface area contributed by atoms with Crippen molar-refractivity contribution in [3.63, 3.8) is 0 Å². The molecule has 78 valence electrons. The van der Waals surface area contributed by atoms with Gasteiger partial charge >= 0.3 is 0 Å². The van der Waals surface area contributed by atoms with Gasteiger partial charge in [0.25, 0.3) is 5.56 Å². The van der Waals surface area contributed by atoms with E-state index in [2.05, 4.69) is 9.97 Å². The number of nitrogens with one attached hydrogen (secondary N) is 1. The van der Waals surface area contributed by atoms with E-state index in [0.717, 1.165) is 0 Å². The van der Waals surface area contributed by atoms with E-state index in [4.69, 9.17) is 4.74 Å². The van der Waals surface area contributed by atoms with E-state index < -0.39 is 0 Å². The van der Waals surface area contributed by atoms with E-state index in [1.54, 1.807) is 7.11 Å². The Morgan fingerprint density at radius 3 is 2.57 bits per heavy atom. The lowest BCUT2D eigenvalue weighted by molar-refractivity contribution is 0.00848. The van der Waals surface area contributed by atoms with Gasteiger partial charge in [-0.15, -0.1) is 0 Å². The highest BCUT2D eigenvalue weighted by atomic mass is 16.5. The topological polar surface area (TPSA) is 55.0 Å². The normalized spacial score (nSPS) is 14.0. The van der Waals surface area contributed by atoms with E-state index in [9.17, 15) is 4.79 Å². The van der Waals surface area contributed by atoms with Crippen LogP contribution < -0.4 is 5.56 Å². The Morgan fingerprint density at radius 2 is 2.14 bits per heavy atom. The summed E-state index contributed by atoms with van der Waals surface area (Å²) in [5.74, 6) is 0.576. The van der Waals surface area contributed by atoms with Crippen molar-refractivity contribution in [3.8, 4) is 0 Å². The standard InChI is InChI=1S/C10H16N2O2/c1-10(2,3)8(14-4)9-11-6-5-7(13)12-9/h5-6,8H,1-4H3,(H,11,12,13). The molecule has 1 aromatic rings. The van der Waals surface area contributed by atoms with Crippen molar-refractivity contribution in [2.75, 3.05) is 7.11 Å². The molecule has 0 aliphatic rings. The molecule has 4 heteroatoms. The molecule has 0 aromatic carbocycles. The van der Waals surface area contributed by atoms with E-state index in [0.29, 0.717) is 5.82 Å². The first kappa shape index (κ1) is 10.9. The maximum Gasteiger partial charge on any atom is 0.250 e. The molecule has 1 heterocycles. The van der Waals surface area contributed by atoms with Crippen LogP contribution in [0.4, 0.5) is 0 Å². The molecule has 4 nitrogen and oxygen atoms in total. The van der Waals surface area contributed by atoms with Crippen LogP contribution in [0.25, 0.3) is 0 Å². The third-order valence-electron chi connectivity index (χ3n) is 1.96. The minimum absolute atomic E-state index is 0.0912. The number of hydrogen-bond acceptors (Lipinski definition) is 3. The smallest absolute Gasteiger partial charge is 0.250 e. The number of ether oxygens (including phenoxy) is 1. The second-order valence-electron chi connectivity index (χ2n) is 4.30. The van der Waals surface area contributed by atoms with Crippen LogP contribution in [-0.4, -0.2) is 17.1 Å². The molecule has 0 aliphatic carbocycles. The first-order chi connectivity index (χ1) is 6.45. The van der Waals surface area contributed by atoms with E-state index >= 15 is 0 Å². The van der Waals surface area contributed by atoms with Gasteiger partial charge in [-0.1, -0.05) is 20.8 Å². The largest absolute Gasteiger partial charge is 0.373 e. The summed E-state index contributed by atoms with van der Waals surface area (Å²) >= 11 is 0. The second kappa shape index (κ2) is 3.92. The summed E-state index contributed by atoms with van der Waals surface area (Å²) in [5, 5.41) is 0. The van der Waals surface area contributed by atoms with Gasteiger partial charge < -0.3 is 9.72 Å². The Hall–Kier alpha value is -1.16. The maximum atomic E-state index is 11.1. The lowest BCUT2D eigenvalue weighted by Gasteiger charge is -2.28. The van der Waals surface area contributed by atoms with Crippen LogP contribution in [0.2, 0.25) is 0 Å². The Labute approximate surface area is 83.3 Å². The van der Waals surface area contributed by atoms with Crippen LogP contribution in [0.15, 0.2) is 17.1 Å². The molecule has 1 unspecified atom stereocenters. The molecule has 1 aromatic heterocycles. The number of nitrogens with zero attached hydrogens (tertiary/aromatic N) is 1. The Balaban J connectivity index is 3.07. The number of H-pyrrole nitrogens is 1. The van der Waals surface area contributed by atoms with Gasteiger partial charge in [0.05, 0.1) is 0 Å². The van der Waals surface area contributed by atoms with Gasteiger partial charge in [0.15, 0.2) is 0 Å². The van der Waals surface area contributed by atoms with Gasteiger partial charge in [-0.05, 0) is 5.41 Å².